The molecule has 0 aromatic carbocycles. The second-order valence-electron chi connectivity index (χ2n) is 6.27. The molecule has 23 heavy (non-hydrogen) atoms. The molecule has 4 atom stereocenters. The Balaban J connectivity index is 1.98. The van der Waals surface area contributed by atoms with Crippen LogP contribution in [0.25, 0.3) is 0 Å². The van der Waals surface area contributed by atoms with Crippen molar-refractivity contribution in [2.24, 2.45) is 17.8 Å². The summed E-state index contributed by atoms with van der Waals surface area (Å²) in [5.41, 5.74) is 0. The predicted octanol–water partition coefficient (Wildman–Crippen LogP) is 1.70. The molecule has 0 radical (unpaired) electrons. The van der Waals surface area contributed by atoms with Gasteiger partial charge >= 0.3 is 18.2 Å². The smallest absolute Gasteiger partial charge is 0.394 e. The summed E-state index contributed by atoms with van der Waals surface area (Å²) in [4.78, 5) is 24.1. The zero-order valence-electron chi connectivity index (χ0n) is 13.0. The molecular formula is C14H21F3N2O4. The maximum Gasteiger partial charge on any atom is 0.394 e. The average molecular weight is 338 g/mol. The third-order valence-electron chi connectivity index (χ3n) is 4.55. The molecule has 1 aliphatic heterocycles. The van der Waals surface area contributed by atoms with Gasteiger partial charge in [-0.3, -0.25) is 4.79 Å². The number of likely N-dealkylation sites (tertiary alicyclic amines) is 1. The van der Waals surface area contributed by atoms with E-state index < -0.39 is 43.1 Å². The first kappa shape index (κ1) is 17.8. The van der Waals surface area contributed by atoms with Crippen LogP contribution < -0.4 is 5.32 Å². The van der Waals surface area contributed by atoms with Crippen LogP contribution >= 0.6 is 0 Å². The molecule has 2 N–H and O–H groups in total. The van der Waals surface area contributed by atoms with Crippen molar-refractivity contribution >= 4 is 12.0 Å². The highest BCUT2D eigenvalue weighted by atomic mass is 19.4. The van der Waals surface area contributed by atoms with Crippen LogP contribution in [0.5, 0.6) is 0 Å². The number of nitrogens with one attached hydrogen (secondary N) is 1. The molecule has 0 bridgehead atoms. The first-order chi connectivity index (χ1) is 10.6. The summed E-state index contributed by atoms with van der Waals surface area (Å²) >= 11 is 0. The highest BCUT2D eigenvalue weighted by Crippen LogP contribution is 2.38. The highest BCUT2D eigenvalue weighted by molar-refractivity contribution is 5.78. The number of aliphatic carboxylic acids is 1. The van der Waals surface area contributed by atoms with Crippen LogP contribution in [0.3, 0.4) is 0 Å². The van der Waals surface area contributed by atoms with Gasteiger partial charge in [-0.05, 0) is 25.7 Å². The Hall–Kier alpha value is -1.51. The number of urea groups is 1. The minimum absolute atomic E-state index is 0.185. The molecule has 2 fully saturated rings. The Labute approximate surface area is 132 Å². The molecule has 132 valence electrons. The molecule has 2 unspecified atom stereocenters. The minimum atomic E-state index is -4.65. The summed E-state index contributed by atoms with van der Waals surface area (Å²) in [5, 5.41) is 11.6. The number of methoxy groups -OCH3 is 1. The van der Waals surface area contributed by atoms with Gasteiger partial charge < -0.3 is 20.1 Å². The van der Waals surface area contributed by atoms with Crippen LogP contribution in [0.4, 0.5) is 18.0 Å². The van der Waals surface area contributed by atoms with Gasteiger partial charge in [0.1, 0.15) is 0 Å². The quantitative estimate of drug-likeness (QED) is 0.800. The number of halogens is 3. The average Bonchev–Trinajstić information content (AvgIpc) is 3.14. The van der Waals surface area contributed by atoms with Crippen molar-refractivity contribution in [3.8, 4) is 0 Å². The van der Waals surface area contributed by atoms with Gasteiger partial charge in [-0.15, -0.1) is 0 Å². The van der Waals surface area contributed by atoms with Gasteiger partial charge in [0, 0.05) is 20.2 Å². The number of alkyl halides is 3. The highest BCUT2D eigenvalue weighted by Gasteiger charge is 2.53. The van der Waals surface area contributed by atoms with E-state index in [1.54, 1.807) is 6.92 Å². The largest absolute Gasteiger partial charge is 0.481 e. The fraction of sp³-hybridized carbons (Fsp3) is 0.857. The van der Waals surface area contributed by atoms with E-state index in [1.807, 2.05) is 0 Å². The Morgan fingerprint density at radius 2 is 1.91 bits per heavy atom. The molecule has 6 nitrogen and oxygen atoms in total. The summed E-state index contributed by atoms with van der Waals surface area (Å²) in [6.45, 7) is 0.648. The van der Waals surface area contributed by atoms with E-state index >= 15 is 0 Å². The van der Waals surface area contributed by atoms with E-state index in [0.29, 0.717) is 5.92 Å². The fourth-order valence-electron chi connectivity index (χ4n) is 3.15. The minimum Gasteiger partial charge on any atom is -0.481 e. The lowest BCUT2D eigenvalue weighted by molar-refractivity contribution is -0.187. The standard InChI is InChI=1S/C14H21F3N2O4/c1-7(11(23-2)8-3-4-8)18-13(22)19-5-9(12(20)21)10(6-19)14(15,16)17/h7-11H,3-6H2,1-2H3,(H,18,22)(H,20,21)/t7?,9-,10-,11?/m1/s1. The molecule has 2 amide bonds. The second kappa shape index (κ2) is 6.54. The number of hydrogen-bond acceptors (Lipinski definition) is 3. The van der Waals surface area contributed by atoms with E-state index in [0.717, 1.165) is 17.7 Å². The number of amides is 2. The summed E-state index contributed by atoms with van der Waals surface area (Å²) < 4.78 is 44.1. The first-order valence-corrected chi connectivity index (χ1v) is 7.53. The van der Waals surface area contributed by atoms with Crippen LogP contribution in [0.1, 0.15) is 19.8 Å². The van der Waals surface area contributed by atoms with Crippen molar-refractivity contribution in [1.29, 1.82) is 0 Å². The zero-order valence-corrected chi connectivity index (χ0v) is 13.0. The fourth-order valence-corrected chi connectivity index (χ4v) is 3.15. The Bertz CT molecular complexity index is 467. The maximum absolute atomic E-state index is 12.9. The monoisotopic (exact) mass is 338 g/mol. The summed E-state index contributed by atoms with van der Waals surface area (Å²) in [7, 11) is 1.53. The zero-order chi connectivity index (χ0) is 17.4. The normalized spacial score (nSPS) is 27.6. The number of hydrogen-bond donors (Lipinski definition) is 2. The topological polar surface area (TPSA) is 78.9 Å². The Morgan fingerprint density at radius 3 is 2.30 bits per heavy atom. The molecule has 2 aliphatic rings. The third-order valence-corrected chi connectivity index (χ3v) is 4.55. The van der Waals surface area contributed by atoms with Crippen LogP contribution in [0.15, 0.2) is 0 Å². The number of ether oxygens (including phenoxy) is 1. The van der Waals surface area contributed by atoms with E-state index in [-0.39, 0.29) is 12.1 Å². The van der Waals surface area contributed by atoms with Crippen molar-refractivity contribution in [2.75, 3.05) is 20.2 Å². The summed E-state index contributed by atoms with van der Waals surface area (Å²) in [6, 6.07) is -1.04. The van der Waals surface area contributed by atoms with Crippen molar-refractivity contribution in [3.05, 3.63) is 0 Å². The summed E-state index contributed by atoms with van der Waals surface area (Å²) in [6.07, 6.45) is -2.83. The van der Waals surface area contributed by atoms with Gasteiger partial charge in [-0.2, -0.15) is 13.2 Å². The second-order valence-corrected chi connectivity index (χ2v) is 6.27. The van der Waals surface area contributed by atoms with E-state index in [2.05, 4.69) is 5.32 Å². The predicted molar refractivity (Wildman–Crippen MR) is 73.8 cm³/mol. The molecule has 1 saturated carbocycles. The third kappa shape index (κ3) is 4.07. The number of nitrogens with zero attached hydrogens (tertiary/aromatic N) is 1. The molecule has 0 spiro atoms. The van der Waals surface area contributed by atoms with Crippen molar-refractivity contribution in [2.45, 2.75) is 38.1 Å². The lowest BCUT2D eigenvalue weighted by atomic mass is 9.96. The van der Waals surface area contributed by atoms with Crippen LogP contribution in [0.2, 0.25) is 0 Å². The molecule has 0 aromatic rings. The van der Waals surface area contributed by atoms with Gasteiger partial charge in [-0.1, -0.05) is 0 Å². The first-order valence-electron chi connectivity index (χ1n) is 7.53. The van der Waals surface area contributed by atoms with Crippen LogP contribution in [-0.4, -0.2) is 60.5 Å². The van der Waals surface area contributed by atoms with Gasteiger partial charge in [0.05, 0.1) is 24.0 Å². The molecule has 1 heterocycles. The number of carbonyl (C=O) groups excluding carboxylic acids is 1. The molecule has 0 aromatic heterocycles. The van der Waals surface area contributed by atoms with E-state index in [1.165, 1.54) is 7.11 Å². The lowest BCUT2D eigenvalue weighted by Gasteiger charge is -2.26. The molecule has 9 heteroatoms. The number of carboxylic acids is 1. The van der Waals surface area contributed by atoms with Gasteiger partial charge in [0.2, 0.25) is 0 Å². The van der Waals surface area contributed by atoms with E-state index in [9.17, 15) is 22.8 Å². The lowest BCUT2D eigenvalue weighted by Crippen LogP contribution is -2.48. The molecule has 1 aliphatic carbocycles. The van der Waals surface area contributed by atoms with E-state index in [4.69, 9.17) is 9.84 Å². The number of carboxylic acid groups (broad SMARTS) is 1. The van der Waals surface area contributed by atoms with Crippen molar-refractivity contribution < 1.29 is 32.6 Å². The Morgan fingerprint density at radius 1 is 1.30 bits per heavy atom. The van der Waals surface area contributed by atoms with Crippen LogP contribution in [-0.2, 0) is 9.53 Å². The number of carbonyl (C=O) groups is 2. The van der Waals surface area contributed by atoms with Gasteiger partial charge in [-0.25, -0.2) is 4.79 Å². The SMILES string of the molecule is COC(C1CC1)C(C)NC(=O)N1C[C@@H](C(F)(F)F)[C@H](C(=O)O)C1. The molecule has 1 saturated heterocycles. The van der Waals surface area contributed by atoms with Crippen LogP contribution in [0, 0.1) is 17.8 Å². The maximum atomic E-state index is 12.9. The summed E-state index contributed by atoms with van der Waals surface area (Å²) in [5.74, 6) is -4.85. The Kier molecular flexibility index (Phi) is 5.07. The molecule has 2 rings (SSSR count). The van der Waals surface area contributed by atoms with Gasteiger partial charge in [0.25, 0.3) is 0 Å². The van der Waals surface area contributed by atoms with Crippen molar-refractivity contribution in [3.63, 3.8) is 0 Å². The molecular weight excluding hydrogens is 317 g/mol. The number of rotatable bonds is 5. The van der Waals surface area contributed by atoms with Crippen molar-refractivity contribution in [1.82, 2.24) is 10.2 Å². The van der Waals surface area contributed by atoms with Gasteiger partial charge in [0.15, 0.2) is 0 Å².